The van der Waals surface area contributed by atoms with Crippen LogP contribution in [0.4, 0.5) is 0 Å². The van der Waals surface area contributed by atoms with Gasteiger partial charge >= 0.3 is 0 Å². The second-order valence-electron chi connectivity index (χ2n) is 5.88. The smallest absolute Gasteiger partial charge is 0.207 e. The van der Waals surface area contributed by atoms with Crippen LogP contribution in [-0.2, 0) is 10.0 Å². The van der Waals surface area contributed by atoms with Crippen molar-refractivity contribution in [2.45, 2.75) is 37.0 Å². The Hall–Kier alpha value is -0.870. The zero-order chi connectivity index (χ0) is 13.3. The van der Waals surface area contributed by atoms with E-state index in [1.807, 2.05) is 6.07 Å². The fourth-order valence-corrected chi connectivity index (χ4v) is 5.02. The lowest BCUT2D eigenvalue weighted by Crippen LogP contribution is -2.37. The molecule has 0 unspecified atom stereocenters. The van der Waals surface area contributed by atoms with Crippen molar-refractivity contribution in [2.75, 3.05) is 13.1 Å². The van der Waals surface area contributed by atoms with Crippen LogP contribution in [0.15, 0.2) is 35.2 Å². The normalized spacial score (nSPS) is 28.8. The quantitative estimate of drug-likeness (QED) is 0.835. The van der Waals surface area contributed by atoms with E-state index in [0.29, 0.717) is 29.8 Å². The van der Waals surface area contributed by atoms with E-state index in [0.717, 1.165) is 0 Å². The molecule has 1 aromatic carbocycles. The Labute approximate surface area is 115 Å². The molecule has 1 aliphatic carbocycles. The molecule has 2 aliphatic rings. The standard InChI is InChI=1S/C15H21NO2S/c17-19(18,15-7-2-1-3-8-15)16-11-13-5-4-6-14(12-16)10-9-13/h1-3,7-8,13-14H,4-6,9-12H2/t13-,14-/m1/s1. The summed E-state index contributed by atoms with van der Waals surface area (Å²) in [5.74, 6) is 1.12. The number of hydrogen-bond donors (Lipinski definition) is 0. The molecule has 19 heavy (non-hydrogen) atoms. The maximum Gasteiger partial charge on any atom is 0.243 e. The monoisotopic (exact) mass is 279 g/mol. The van der Waals surface area contributed by atoms with E-state index >= 15 is 0 Å². The summed E-state index contributed by atoms with van der Waals surface area (Å²) in [5.41, 5.74) is 0. The van der Waals surface area contributed by atoms with Crippen LogP contribution in [0.2, 0.25) is 0 Å². The van der Waals surface area contributed by atoms with Crippen molar-refractivity contribution >= 4 is 10.0 Å². The Morgan fingerprint density at radius 1 is 0.895 bits per heavy atom. The highest BCUT2D eigenvalue weighted by Gasteiger charge is 2.33. The molecule has 1 saturated carbocycles. The maximum atomic E-state index is 12.7. The van der Waals surface area contributed by atoms with E-state index in [9.17, 15) is 8.42 Å². The van der Waals surface area contributed by atoms with E-state index in [2.05, 4.69) is 0 Å². The number of hydrogen-bond acceptors (Lipinski definition) is 2. The van der Waals surface area contributed by atoms with Gasteiger partial charge in [-0.15, -0.1) is 0 Å². The van der Waals surface area contributed by atoms with Crippen LogP contribution < -0.4 is 0 Å². The Morgan fingerprint density at radius 3 is 2.05 bits per heavy atom. The summed E-state index contributed by atoms with van der Waals surface area (Å²) in [6, 6.07) is 8.86. The number of nitrogens with zero attached hydrogens (tertiary/aromatic N) is 1. The largest absolute Gasteiger partial charge is 0.243 e. The van der Waals surface area contributed by atoms with Gasteiger partial charge in [-0.25, -0.2) is 8.42 Å². The van der Waals surface area contributed by atoms with Crippen LogP contribution in [-0.4, -0.2) is 25.8 Å². The van der Waals surface area contributed by atoms with E-state index < -0.39 is 10.0 Å². The summed E-state index contributed by atoms with van der Waals surface area (Å²) in [4.78, 5) is 0.440. The van der Waals surface area contributed by atoms with Crippen molar-refractivity contribution in [3.05, 3.63) is 30.3 Å². The Bertz CT molecular complexity index is 512. The van der Waals surface area contributed by atoms with Gasteiger partial charge in [0.05, 0.1) is 4.90 Å². The number of fused-ring (bicyclic) bond motifs is 3. The van der Waals surface area contributed by atoms with Crippen molar-refractivity contribution in [2.24, 2.45) is 11.8 Å². The van der Waals surface area contributed by atoms with E-state index in [1.54, 1.807) is 28.6 Å². The fourth-order valence-electron chi connectivity index (χ4n) is 3.41. The van der Waals surface area contributed by atoms with Gasteiger partial charge in [-0.2, -0.15) is 4.31 Å². The summed E-state index contributed by atoms with van der Waals surface area (Å²) in [5, 5.41) is 0. The van der Waals surface area contributed by atoms with Crippen LogP contribution in [0.1, 0.15) is 32.1 Å². The van der Waals surface area contributed by atoms with Crippen LogP contribution in [0, 0.1) is 11.8 Å². The van der Waals surface area contributed by atoms with Crippen molar-refractivity contribution < 1.29 is 8.42 Å². The van der Waals surface area contributed by atoms with Crippen molar-refractivity contribution in [3.8, 4) is 0 Å². The lowest BCUT2D eigenvalue weighted by atomic mass is 10.0. The molecule has 1 aliphatic heterocycles. The molecule has 3 nitrogen and oxygen atoms in total. The van der Waals surface area contributed by atoms with E-state index in [4.69, 9.17) is 0 Å². The molecule has 0 aromatic heterocycles. The Morgan fingerprint density at radius 2 is 1.47 bits per heavy atom. The molecule has 0 spiro atoms. The number of rotatable bonds is 2. The number of sulfonamides is 1. The minimum Gasteiger partial charge on any atom is -0.207 e. The maximum absolute atomic E-state index is 12.7. The minimum atomic E-state index is -3.29. The first-order valence-electron chi connectivity index (χ1n) is 7.21. The molecule has 0 radical (unpaired) electrons. The third kappa shape index (κ3) is 2.70. The van der Waals surface area contributed by atoms with E-state index in [1.165, 1.54) is 32.1 Å². The van der Waals surface area contributed by atoms with Gasteiger partial charge in [0.15, 0.2) is 0 Å². The predicted molar refractivity (Wildman–Crippen MR) is 75.3 cm³/mol. The van der Waals surface area contributed by atoms with Crippen molar-refractivity contribution in [1.29, 1.82) is 0 Å². The molecule has 1 saturated heterocycles. The molecule has 1 heterocycles. The average molecular weight is 279 g/mol. The van der Waals surface area contributed by atoms with Gasteiger partial charge in [-0.3, -0.25) is 0 Å². The summed E-state index contributed by atoms with van der Waals surface area (Å²) in [6.45, 7) is 1.43. The van der Waals surface area contributed by atoms with Crippen molar-refractivity contribution in [3.63, 3.8) is 0 Å². The van der Waals surface area contributed by atoms with Crippen LogP contribution in [0.3, 0.4) is 0 Å². The molecule has 0 amide bonds. The fraction of sp³-hybridized carbons (Fsp3) is 0.600. The first kappa shape index (κ1) is 13.1. The third-order valence-electron chi connectivity index (χ3n) is 4.51. The summed E-state index contributed by atoms with van der Waals surface area (Å²) >= 11 is 0. The summed E-state index contributed by atoms with van der Waals surface area (Å²) < 4.78 is 27.1. The average Bonchev–Trinajstić information content (AvgIpc) is 2.73. The van der Waals surface area contributed by atoms with Gasteiger partial charge in [0, 0.05) is 13.1 Å². The second-order valence-corrected chi connectivity index (χ2v) is 7.81. The number of benzene rings is 1. The summed E-state index contributed by atoms with van der Waals surface area (Å²) in [6.07, 6.45) is 6.06. The highest BCUT2D eigenvalue weighted by Crippen LogP contribution is 2.34. The molecule has 2 fully saturated rings. The van der Waals surface area contributed by atoms with Gasteiger partial charge in [0.25, 0.3) is 0 Å². The first-order valence-corrected chi connectivity index (χ1v) is 8.65. The van der Waals surface area contributed by atoms with Gasteiger partial charge in [0.1, 0.15) is 0 Å². The third-order valence-corrected chi connectivity index (χ3v) is 6.36. The molecule has 3 rings (SSSR count). The zero-order valence-corrected chi connectivity index (χ0v) is 12.0. The molecule has 1 aromatic rings. The topological polar surface area (TPSA) is 37.4 Å². The Kier molecular flexibility index (Phi) is 3.63. The molecular weight excluding hydrogens is 258 g/mol. The molecule has 104 valence electrons. The summed E-state index contributed by atoms with van der Waals surface area (Å²) in [7, 11) is -3.29. The lowest BCUT2D eigenvalue weighted by Gasteiger charge is -2.28. The highest BCUT2D eigenvalue weighted by atomic mass is 32.2. The molecule has 2 atom stereocenters. The van der Waals surface area contributed by atoms with E-state index in [-0.39, 0.29) is 0 Å². The second kappa shape index (κ2) is 5.25. The molecular formula is C15H21NO2S. The zero-order valence-electron chi connectivity index (χ0n) is 11.2. The SMILES string of the molecule is O=S(=O)(c1ccccc1)N1C[C@@H]2CCC[C@H](CC2)C1. The minimum absolute atomic E-state index is 0.440. The highest BCUT2D eigenvalue weighted by molar-refractivity contribution is 7.89. The van der Waals surface area contributed by atoms with Crippen LogP contribution >= 0.6 is 0 Å². The van der Waals surface area contributed by atoms with Crippen LogP contribution in [0.25, 0.3) is 0 Å². The predicted octanol–water partition coefficient (Wildman–Crippen LogP) is 2.89. The van der Waals surface area contributed by atoms with Crippen LogP contribution in [0.5, 0.6) is 0 Å². The van der Waals surface area contributed by atoms with Gasteiger partial charge in [-0.1, -0.05) is 24.6 Å². The van der Waals surface area contributed by atoms with Gasteiger partial charge < -0.3 is 0 Å². The Balaban J connectivity index is 1.89. The van der Waals surface area contributed by atoms with Gasteiger partial charge in [0.2, 0.25) is 10.0 Å². The molecule has 4 heteroatoms. The molecule has 2 bridgehead atoms. The first-order chi connectivity index (χ1) is 9.16. The van der Waals surface area contributed by atoms with Crippen molar-refractivity contribution in [1.82, 2.24) is 4.31 Å². The lowest BCUT2D eigenvalue weighted by molar-refractivity contribution is 0.296. The van der Waals surface area contributed by atoms with Gasteiger partial charge in [-0.05, 0) is 49.7 Å². The molecule has 0 N–H and O–H groups in total.